The van der Waals surface area contributed by atoms with Crippen molar-refractivity contribution in [1.82, 2.24) is 10.2 Å². The Morgan fingerprint density at radius 2 is 2.10 bits per heavy atom. The molecule has 1 fully saturated rings. The minimum Gasteiger partial charge on any atom is -0.353 e. The third kappa shape index (κ3) is 2.17. The van der Waals surface area contributed by atoms with Gasteiger partial charge in [0, 0.05) is 19.5 Å². The van der Waals surface area contributed by atoms with Gasteiger partial charge in [0.15, 0.2) is 5.54 Å². The van der Waals surface area contributed by atoms with Crippen LogP contribution >= 0.6 is 27.3 Å². The number of hydrogen-bond donors (Lipinski definition) is 1. The number of rotatable bonds is 1. The first-order chi connectivity index (χ1) is 9.74. The minimum atomic E-state index is -4.60. The molecule has 0 spiro atoms. The first-order valence-corrected chi connectivity index (χ1v) is 7.79. The summed E-state index contributed by atoms with van der Waals surface area (Å²) in [6, 6.07) is 1.67. The number of fused-ring (bicyclic) bond motifs is 1. The van der Waals surface area contributed by atoms with Crippen molar-refractivity contribution in [2.75, 3.05) is 6.54 Å². The maximum Gasteiger partial charge on any atom is 0.413 e. The van der Waals surface area contributed by atoms with E-state index in [9.17, 15) is 22.8 Å². The molecule has 1 N–H and O–H groups in total. The molecule has 1 aromatic rings. The molecule has 114 valence electrons. The Morgan fingerprint density at radius 1 is 1.38 bits per heavy atom. The summed E-state index contributed by atoms with van der Waals surface area (Å²) in [5, 5.41) is 2.25. The number of carbonyl (C=O) groups excluding carboxylic acids is 2. The molecule has 4 nitrogen and oxygen atoms in total. The summed E-state index contributed by atoms with van der Waals surface area (Å²) >= 11 is 4.36. The predicted molar refractivity (Wildman–Crippen MR) is 72.9 cm³/mol. The second-order valence-corrected chi connectivity index (χ2v) is 7.53. The summed E-state index contributed by atoms with van der Waals surface area (Å²) < 4.78 is 41.5. The zero-order valence-corrected chi connectivity index (χ0v) is 13.0. The number of halogens is 4. The van der Waals surface area contributed by atoms with Gasteiger partial charge in [-0.2, -0.15) is 13.2 Å². The lowest BCUT2D eigenvalue weighted by atomic mass is 9.87. The van der Waals surface area contributed by atoms with Crippen LogP contribution in [0.4, 0.5) is 13.2 Å². The fraction of sp³-hybridized carbons (Fsp3) is 0.500. The van der Waals surface area contributed by atoms with Gasteiger partial charge in [-0.25, -0.2) is 0 Å². The van der Waals surface area contributed by atoms with E-state index in [0.717, 1.165) is 20.0 Å². The van der Waals surface area contributed by atoms with Crippen molar-refractivity contribution in [3.8, 4) is 0 Å². The van der Waals surface area contributed by atoms with Gasteiger partial charge < -0.3 is 10.2 Å². The lowest BCUT2D eigenvalue weighted by molar-refractivity contribution is -0.228. The molecule has 0 aromatic carbocycles. The van der Waals surface area contributed by atoms with Gasteiger partial charge in [0.05, 0.1) is 8.66 Å². The Hall–Kier alpha value is -1.09. The van der Waals surface area contributed by atoms with Crippen molar-refractivity contribution in [2.45, 2.75) is 31.1 Å². The van der Waals surface area contributed by atoms with Gasteiger partial charge in [-0.1, -0.05) is 0 Å². The van der Waals surface area contributed by atoms with Gasteiger partial charge in [-0.05, 0) is 34.0 Å². The van der Waals surface area contributed by atoms with Crippen LogP contribution in [0.5, 0.6) is 0 Å². The van der Waals surface area contributed by atoms with E-state index < -0.39 is 36.5 Å². The number of thiophene rings is 1. The number of carbonyl (C=O) groups is 2. The van der Waals surface area contributed by atoms with Gasteiger partial charge in [-0.15, -0.1) is 11.3 Å². The predicted octanol–water partition coefficient (Wildman–Crippen LogP) is 2.68. The molecule has 2 amide bonds. The van der Waals surface area contributed by atoms with E-state index in [1.807, 2.05) is 0 Å². The molecule has 1 unspecified atom stereocenters. The van der Waals surface area contributed by atoms with Crippen LogP contribution in [0.15, 0.2) is 9.85 Å². The van der Waals surface area contributed by atoms with E-state index in [2.05, 4.69) is 21.2 Å². The van der Waals surface area contributed by atoms with Crippen LogP contribution < -0.4 is 5.32 Å². The zero-order chi connectivity index (χ0) is 15.4. The number of alkyl halides is 3. The highest BCUT2D eigenvalue weighted by atomic mass is 79.9. The second-order valence-electron chi connectivity index (χ2n) is 5.10. The number of amides is 2. The van der Waals surface area contributed by atoms with Crippen molar-refractivity contribution in [3.05, 3.63) is 20.3 Å². The highest BCUT2D eigenvalue weighted by Crippen LogP contribution is 2.46. The quantitative estimate of drug-likeness (QED) is 0.811. The van der Waals surface area contributed by atoms with Gasteiger partial charge in [0.2, 0.25) is 5.91 Å². The highest BCUT2D eigenvalue weighted by Gasteiger charge is 2.62. The maximum absolute atomic E-state index is 13.6. The normalized spacial score (nSPS) is 26.0. The molecule has 0 bridgehead atoms. The van der Waals surface area contributed by atoms with Gasteiger partial charge in [0.25, 0.3) is 5.91 Å². The SMILES string of the molecule is O=C1CCC(N2Cc3cc(Br)sc3C2=O)(C(F)(F)F)CN1. The summed E-state index contributed by atoms with van der Waals surface area (Å²) in [6.45, 7) is -0.664. The first kappa shape index (κ1) is 14.8. The van der Waals surface area contributed by atoms with E-state index >= 15 is 0 Å². The number of hydrogen-bond acceptors (Lipinski definition) is 3. The summed E-state index contributed by atoms with van der Waals surface area (Å²) in [7, 11) is 0. The molecule has 3 rings (SSSR count). The molecule has 1 saturated heterocycles. The topological polar surface area (TPSA) is 49.4 Å². The minimum absolute atomic E-state index is 0.0777. The van der Waals surface area contributed by atoms with Crippen molar-refractivity contribution >= 4 is 39.1 Å². The molecule has 0 radical (unpaired) electrons. The van der Waals surface area contributed by atoms with Crippen molar-refractivity contribution in [3.63, 3.8) is 0 Å². The van der Waals surface area contributed by atoms with E-state index in [1.165, 1.54) is 0 Å². The first-order valence-electron chi connectivity index (χ1n) is 6.18. The average molecular weight is 383 g/mol. The van der Waals surface area contributed by atoms with Crippen LogP contribution in [-0.4, -0.2) is 35.0 Å². The van der Waals surface area contributed by atoms with Crippen molar-refractivity contribution < 1.29 is 22.8 Å². The third-order valence-corrected chi connectivity index (χ3v) is 5.60. The van der Waals surface area contributed by atoms with Gasteiger partial charge in [0.1, 0.15) is 0 Å². The van der Waals surface area contributed by atoms with E-state index in [0.29, 0.717) is 10.4 Å². The molecule has 1 atom stereocenters. The Kier molecular flexibility index (Phi) is 3.32. The maximum atomic E-state index is 13.6. The van der Waals surface area contributed by atoms with Crippen LogP contribution in [0.25, 0.3) is 0 Å². The summed E-state index contributed by atoms with van der Waals surface area (Å²) in [5.74, 6) is -1.03. The van der Waals surface area contributed by atoms with Crippen LogP contribution in [0.1, 0.15) is 28.1 Å². The fourth-order valence-electron chi connectivity index (χ4n) is 2.77. The Bertz CT molecular complexity index is 619. The van der Waals surface area contributed by atoms with Crippen LogP contribution in [-0.2, 0) is 11.3 Å². The van der Waals surface area contributed by atoms with Gasteiger partial charge in [-0.3, -0.25) is 9.59 Å². The molecule has 3 heterocycles. The second kappa shape index (κ2) is 4.70. The molecule has 0 aliphatic carbocycles. The molecular formula is C12H10BrF3N2O2S. The average Bonchev–Trinajstić information content (AvgIpc) is 2.88. The summed E-state index contributed by atoms with van der Waals surface area (Å²) in [6.07, 6.45) is -5.23. The number of piperidine rings is 1. The Labute approximate surface area is 130 Å². The lowest BCUT2D eigenvalue weighted by Gasteiger charge is -2.45. The smallest absolute Gasteiger partial charge is 0.353 e. The Morgan fingerprint density at radius 3 is 2.62 bits per heavy atom. The molecule has 1 aromatic heterocycles. The highest BCUT2D eigenvalue weighted by molar-refractivity contribution is 9.11. The van der Waals surface area contributed by atoms with Crippen LogP contribution in [0, 0.1) is 0 Å². The lowest BCUT2D eigenvalue weighted by Crippen LogP contribution is -2.66. The zero-order valence-electron chi connectivity index (χ0n) is 10.6. The van der Waals surface area contributed by atoms with Crippen molar-refractivity contribution in [2.24, 2.45) is 0 Å². The monoisotopic (exact) mass is 382 g/mol. The molecule has 2 aliphatic rings. The van der Waals surface area contributed by atoms with Crippen LogP contribution in [0.2, 0.25) is 0 Å². The fourth-order valence-corrected chi connectivity index (χ4v) is 4.38. The third-order valence-electron chi connectivity index (χ3n) is 3.93. The molecule has 0 saturated carbocycles. The number of nitrogens with one attached hydrogen (secondary N) is 1. The number of nitrogens with zero attached hydrogens (tertiary/aromatic N) is 1. The summed E-state index contributed by atoms with van der Waals surface area (Å²) in [4.78, 5) is 24.7. The largest absolute Gasteiger partial charge is 0.413 e. The van der Waals surface area contributed by atoms with Crippen LogP contribution in [0.3, 0.4) is 0 Å². The molecule has 2 aliphatic heterocycles. The van der Waals surface area contributed by atoms with E-state index in [-0.39, 0.29) is 13.0 Å². The van der Waals surface area contributed by atoms with E-state index in [4.69, 9.17) is 0 Å². The van der Waals surface area contributed by atoms with Gasteiger partial charge >= 0.3 is 6.18 Å². The van der Waals surface area contributed by atoms with Crippen molar-refractivity contribution in [1.29, 1.82) is 0 Å². The standard InChI is InChI=1S/C12H10BrF3N2O2S/c13-7-3-6-4-18(10(20)9(6)21-7)11(12(14,15)16)2-1-8(19)17-5-11/h3H,1-2,4-5H2,(H,17,19). The summed E-state index contributed by atoms with van der Waals surface area (Å²) in [5.41, 5.74) is -1.72. The van der Waals surface area contributed by atoms with E-state index in [1.54, 1.807) is 6.07 Å². The molecule has 9 heteroatoms. The Balaban J connectivity index is 1.98. The molecular weight excluding hydrogens is 373 g/mol. The molecule has 21 heavy (non-hydrogen) atoms.